The summed E-state index contributed by atoms with van der Waals surface area (Å²) in [7, 11) is 0. The quantitative estimate of drug-likeness (QED) is 0.792. The third-order valence-corrected chi connectivity index (χ3v) is 1.51. The summed E-state index contributed by atoms with van der Waals surface area (Å²) >= 11 is 0. The molecular weight excluding hydrogens is 210 g/mol. The molecule has 1 aromatic heterocycles. The summed E-state index contributed by atoms with van der Waals surface area (Å²) in [6, 6.07) is 3.11. The second-order valence-electron chi connectivity index (χ2n) is 4.19. The van der Waals surface area contributed by atoms with Crippen LogP contribution in [-0.4, -0.2) is 27.0 Å². The molecule has 88 valence electrons. The predicted molar refractivity (Wildman–Crippen MR) is 57.8 cm³/mol. The molecule has 0 aromatic carbocycles. The lowest BCUT2D eigenvalue weighted by atomic mass is 10.2. The van der Waals surface area contributed by atoms with E-state index in [0.717, 1.165) is 0 Å². The zero-order valence-corrected chi connectivity index (χ0v) is 9.52. The second-order valence-corrected chi connectivity index (χ2v) is 4.19. The molecule has 0 aliphatic rings. The fourth-order valence-corrected chi connectivity index (χ4v) is 0.919. The van der Waals surface area contributed by atoms with E-state index in [9.17, 15) is 4.79 Å². The fraction of sp³-hybridized carbons (Fsp3) is 0.500. The standard InChI is InChI=1S/C10H15N3O3/c1-10(2,3)16-9(15)11-8-5-4-7(6-14)12-13-8/h4-5,14H,6H2,1-3H3,(H,11,13,15). The van der Waals surface area contributed by atoms with E-state index >= 15 is 0 Å². The number of amides is 1. The van der Waals surface area contributed by atoms with Crippen molar-refractivity contribution in [2.24, 2.45) is 0 Å². The Hall–Kier alpha value is -1.69. The van der Waals surface area contributed by atoms with Crippen LogP contribution in [0.1, 0.15) is 26.5 Å². The molecule has 0 radical (unpaired) electrons. The summed E-state index contributed by atoms with van der Waals surface area (Å²) < 4.78 is 5.03. The van der Waals surface area contributed by atoms with Crippen molar-refractivity contribution in [3.05, 3.63) is 17.8 Å². The number of hydrogen-bond donors (Lipinski definition) is 2. The molecule has 1 rings (SSSR count). The van der Waals surface area contributed by atoms with Crippen molar-refractivity contribution in [3.8, 4) is 0 Å². The first-order chi connectivity index (χ1) is 7.40. The zero-order valence-electron chi connectivity index (χ0n) is 9.52. The van der Waals surface area contributed by atoms with Crippen LogP contribution in [0.4, 0.5) is 10.6 Å². The number of anilines is 1. The molecule has 16 heavy (non-hydrogen) atoms. The van der Waals surface area contributed by atoms with Gasteiger partial charge in [0.2, 0.25) is 0 Å². The number of hydrogen-bond acceptors (Lipinski definition) is 5. The largest absolute Gasteiger partial charge is 0.444 e. The zero-order chi connectivity index (χ0) is 12.2. The van der Waals surface area contributed by atoms with Gasteiger partial charge in [0.1, 0.15) is 5.60 Å². The minimum Gasteiger partial charge on any atom is -0.444 e. The van der Waals surface area contributed by atoms with Gasteiger partial charge in [-0.1, -0.05) is 0 Å². The molecule has 6 nitrogen and oxygen atoms in total. The van der Waals surface area contributed by atoms with Crippen LogP contribution < -0.4 is 5.32 Å². The number of nitrogens with one attached hydrogen (secondary N) is 1. The maximum atomic E-state index is 11.3. The lowest BCUT2D eigenvalue weighted by Gasteiger charge is -2.19. The highest BCUT2D eigenvalue weighted by molar-refractivity contribution is 5.83. The van der Waals surface area contributed by atoms with E-state index in [1.54, 1.807) is 32.9 Å². The number of aliphatic hydroxyl groups excluding tert-OH is 1. The van der Waals surface area contributed by atoms with Gasteiger partial charge >= 0.3 is 6.09 Å². The van der Waals surface area contributed by atoms with Gasteiger partial charge in [0.15, 0.2) is 5.82 Å². The Balaban J connectivity index is 2.56. The molecule has 0 fully saturated rings. The summed E-state index contributed by atoms with van der Waals surface area (Å²) in [5.74, 6) is 0.284. The van der Waals surface area contributed by atoms with Gasteiger partial charge in [0.25, 0.3) is 0 Å². The summed E-state index contributed by atoms with van der Waals surface area (Å²) in [6.45, 7) is 5.13. The van der Waals surface area contributed by atoms with Crippen molar-refractivity contribution in [2.75, 3.05) is 5.32 Å². The number of aromatic nitrogens is 2. The van der Waals surface area contributed by atoms with Gasteiger partial charge < -0.3 is 9.84 Å². The lowest BCUT2D eigenvalue weighted by molar-refractivity contribution is 0.0635. The monoisotopic (exact) mass is 225 g/mol. The van der Waals surface area contributed by atoms with Gasteiger partial charge in [-0.2, -0.15) is 5.10 Å². The number of rotatable bonds is 2. The van der Waals surface area contributed by atoms with Crippen molar-refractivity contribution in [2.45, 2.75) is 33.0 Å². The maximum Gasteiger partial charge on any atom is 0.413 e. The van der Waals surface area contributed by atoms with Crippen LogP contribution in [0.15, 0.2) is 12.1 Å². The van der Waals surface area contributed by atoms with Gasteiger partial charge in [-0.3, -0.25) is 5.32 Å². The summed E-state index contributed by atoms with van der Waals surface area (Å²) in [5.41, 5.74) is -0.113. The Kier molecular flexibility index (Phi) is 3.78. The van der Waals surface area contributed by atoms with E-state index in [-0.39, 0.29) is 12.4 Å². The van der Waals surface area contributed by atoms with E-state index in [4.69, 9.17) is 9.84 Å². The molecule has 2 N–H and O–H groups in total. The van der Waals surface area contributed by atoms with Gasteiger partial charge in [-0.25, -0.2) is 4.79 Å². The summed E-state index contributed by atoms with van der Waals surface area (Å²) in [6.07, 6.45) is -0.585. The van der Waals surface area contributed by atoms with E-state index in [2.05, 4.69) is 15.5 Å². The molecule has 6 heteroatoms. The van der Waals surface area contributed by atoms with Crippen molar-refractivity contribution in [1.29, 1.82) is 0 Å². The Labute approximate surface area is 93.6 Å². The Morgan fingerprint density at radius 1 is 1.44 bits per heavy atom. The number of aliphatic hydroxyl groups is 1. The number of ether oxygens (including phenoxy) is 1. The van der Waals surface area contributed by atoms with Crippen LogP contribution in [0.5, 0.6) is 0 Å². The van der Waals surface area contributed by atoms with E-state index < -0.39 is 11.7 Å². The van der Waals surface area contributed by atoms with Crippen molar-refractivity contribution >= 4 is 11.9 Å². The molecule has 0 saturated heterocycles. The fourth-order valence-electron chi connectivity index (χ4n) is 0.919. The molecule has 1 aromatic rings. The molecule has 0 bridgehead atoms. The molecule has 0 spiro atoms. The van der Waals surface area contributed by atoms with E-state index in [0.29, 0.717) is 5.69 Å². The first kappa shape index (κ1) is 12.4. The van der Waals surface area contributed by atoms with Crippen LogP contribution in [0.2, 0.25) is 0 Å². The normalized spacial score (nSPS) is 11.0. The molecule has 1 amide bonds. The highest BCUT2D eigenvalue weighted by atomic mass is 16.6. The Morgan fingerprint density at radius 2 is 2.12 bits per heavy atom. The van der Waals surface area contributed by atoms with Crippen LogP contribution in [0.3, 0.4) is 0 Å². The summed E-state index contributed by atoms with van der Waals surface area (Å²) in [5, 5.41) is 18.6. The minimum atomic E-state index is -0.585. The smallest absolute Gasteiger partial charge is 0.413 e. The molecule has 0 aliphatic carbocycles. The summed E-state index contributed by atoms with van der Waals surface area (Å²) in [4.78, 5) is 11.3. The van der Waals surface area contributed by atoms with Crippen LogP contribution >= 0.6 is 0 Å². The molecule has 0 saturated carbocycles. The van der Waals surface area contributed by atoms with Gasteiger partial charge in [0, 0.05) is 0 Å². The van der Waals surface area contributed by atoms with Gasteiger partial charge in [0.05, 0.1) is 12.3 Å². The SMILES string of the molecule is CC(C)(C)OC(=O)Nc1ccc(CO)nn1. The topological polar surface area (TPSA) is 84.3 Å². The number of nitrogens with zero attached hydrogens (tertiary/aromatic N) is 2. The second kappa shape index (κ2) is 4.89. The Bertz CT molecular complexity index is 357. The third-order valence-electron chi connectivity index (χ3n) is 1.51. The average Bonchev–Trinajstić information content (AvgIpc) is 2.16. The Morgan fingerprint density at radius 3 is 2.56 bits per heavy atom. The predicted octanol–water partition coefficient (Wildman–Crippen LogP) is 1.32. The molecule has 0 atom stereocenters. The van der Waals surface area contributed by atoms with Crippen LogP contribution in [0, 0.1) is 0 Å². The van der Waals surface area contributed by atoms with Crippen molar-refractivity contribution in [1.82, 2.24) is 10.2 Å². The highest BCUT2D eigenvalue weighted by Crippen LogP contribution is 2.09. The molecule has 1 heterocycles. The highest BCUT2D eigenvalue weighted by Gasteiger charge is 2.16. The van der Waals surface area contributed by atoms with Crippen LogP contribution in [-0.2, 0) is 11.3 Å². The van der Waals surface area contributed by atoms with Crippen molar-refractivity contribution in [3.63, 3.8) is 0 Å². The van der Waals surface area contributed by atoms with Crippen molar-refractivity contribution < 1.29 is 14.6 Å². The number of carbonyl (C=O) groups is 1. The molecule has 0 aliphatic heterocycles. The molecule has 0 unspecified atom stereocenters. The van der Waals surface area contributed by atoms with E-state index in [1.807, 2.05) is 0 Å². The first-order valence-electron chi connectivity index (χ1n) is 4.84. The van der Waals surface area contributed by atoms with Gasteiger partial charge in [-0.15, -0.1) is 5.10 Å². The maximum absolute atomic E-state index is 11.3. The molecular formula is C10H15N3O3. The van der Waals surface area contributed by atoms with Gasteiger partial charge in [-0.05, 0) is 32.9 Å². The number of carbonyl (C=O) groups excluding carboxylic acids is 1. The lowest BCUT2D eigenvalue weighted by Crippen LogP contribution is -2.27. The van der Waals surface area contributed by atoms with E-state index in [1.165, 1.54) is 0 Å². The van der Waals surface area contributed by atoms with Crippen LogP contribution in [0.25, 0.3) is 0 Å². The third kappa shape index (κ3) is 4.22. The minimum absolute atomic E-state index is 0.181. The first-order valence-corrected chi connectivity index (χ1v) is 4.84. The average molecular weight is 225 g/mol.